The van der Waals surface area contributed by atoms with Crippen LogP contribution in [-0.4, -0.2) is 5.48 Å². The number of rotatable bonds is 0. The minimum atomic E-state index is 0. The molecular formula is H5LiNiOS. The maximum Gasteiger partial charge on any atom is 1.00 e. The Morgan fingerprint density at radius 2 is 1.25 bits per heavy atom. The summed E-state index contributed by atoms with van der Waals surface area (Å²) in [5, 5.41) is 0. The topological polar surface area (TPSA) is 31.5 Å². The van der Waals surface area contributed by atoms with E-state index in [4.69, 9.17) is 0 Å². The van der Waals surface area contributed by atoms with Gasteiger partial charge in [-0.15, -0.1) is 0 Å². The molecular weight excluding hydrogens is 114 g/mol. The molecule has 0 saturated carbocycles. The summed E-state index contributed by atoms with van der Waals surface area (Å²) in [5.74, 6) is 0. The first kappa shape index (κ1) is 53.3. The van der Waals surface area contributed by atoms with Gasteiger partial charge in [0.2, 0.25) is 0 Å². The van der Waals surface area contributed by atoms with Crippen molar-refractivity contribution >= 4 is 13.5 Å². The molecule has 0 fully saturated rings. The summed E-state index contributed by atoms with van der Waals surface area (Å²) < 4.78 is 0. The van der Waals surface area contributed by atoms with Crippen molar-refractivity contribution in [2.45, 2.75) is 0 Å². The van der Waals surface area contributed by atoms with Gasteiger partial charge in [0, 0.05) is 16.5 Å². The maximum atomic E-state index is 0. The van der Waals surface area contributed by atoms with Crippen molar-refractivity contribution in [3.8, 4) is 0 Å². The van der Waals surface area contributed by atoms with E-state index in [1.54, 1.807) is 0 Å². The smallest absolute Gasteiger partial charge is 1.00 e. The van der Waals surface area contributed by atoms with Gasteiger partial charge in [-0.3, -0.25) is 0 Å². The van der Waals surface area contributed by atoms with Gasteiger partial charge in [0.25, 0.3) is 0 Å². The minimum Gasteiger partial charge on any atom is -1.00 e. The van der Waals surface area contributed by atoms with Crippen LogP contribution in [0.4, 0.5) is 0 Å². The van der Waals surface area contributed by atoms with E-state index in [9.17, 15) is 0 Å². The summed E-state index contributed by atoms with van der Waals surface area (Å²) >= 11 is 0. The fraction of sp³-hybridized carbons (Fsp3) is 0. The van der Waals surface area contributed by atoms with Crippen LogP contribution < -0.4 is 18.9 Å². The molecule has 0 heterocycles. The Morgan fingerprint density at radius 1 is 1.25 bits per heavy atom. The molecule has 0 aliphatic carbocycles. The van der Waals surface area contributed by atoms with Crippen LogP contribution in [0.15, 0.2) is 0 Å². The molecule has 0 aromatic rings. The molecule has 0 amide bonds. The molecule has 4 heavy (non-hydrogen) atoms. The van der Waals surface area contributed by atoms with Gasteiger partial charge in [0.15, 0.2) is 0 Å². The van der Waals surface area contributed by atoms with Gasteiger partial charge in [0.05, 0.1) is 0 Å². The Hall–Kier alpha value is 1.40. The van der Waals surface area contributed by atoms with Crippen LogP contribution in [-0.2, 0) is 16.5 Å². The van der Waals surface area contributed by atoms with Crippen LogP contribution in [0.2, 0.25) is 0 Å². The Labute approximate surface area is 55.9 Å². The van der Waals surface area contributed by atoms with E-state index in [2.05, 4.69) is 0 Å². The van der Waals surface area contributed by atoms with E-state index < -0.39 is 0 Å². The molecule has 0 atom stereocenters. The van der Waals surface area contributed by atoms with Crippen LogP contribution in [0.3, 0.4) is 0 Å². The van der Waals surface area contributed by atoms with Crippen molar-refractivity contribution in [3.05, 3.63) is 0 Å². The summed E-state index contributed by atoms with van der Waals surface area (Å²) in [6.45, 7) is 0. The van der Waals surface area contributed by atoms with Crippen molar-refractivity contribution in [2.24, 2.45) is 0 Å². The number of hydrogen-bond acceptors (Lipinski definition) is 0. The molecule has 0 aliphatic rings. The molecule has 0 unspecified atom stereocenters. The molecule has 4 heteroatoms. The van der Waals surface area contributed by atoms with Crippen molar-refractivity contribution in [1.29, 1.82) is 0 Å². The van der Waals surface area contributed by atoms with Crippen LogP contribution in [0.5, 0.6) is 0 Å². The van der Waals surface area contributed by atoms with Gasteiger partial charge < -0.3 is 6.90 Å². The zero-order valence-corrected chi connectivity index (χ0v) is 4.30. The van der Waals surface area contributed by atoms with Crippen LogP contribution >= 0.6 is 13.5 Å². The monoisotopic (exact) mass is 118 g/mol. The first-order valence-corrected chi connectivity index (χ1v) is 0. The van der Waals surface area contributed by atoms with E-state index in [1.165, 1.54) is 0 Å². The molecule has 0 aromatic carbocycles. The second-order valence-corrected chi connectivity index (χ2v) is 0. The molecule has 1 nitrogen and oxygen atoms in total. The zero-order valence-electron chi connectivity index (χ0n) is 3.32. The Morgan fingerprint density at radius 3 is 1.25 bits per heavy atom. The molecule has 0 spiro atoms. The van der Waals surface area contributed by atoms with Gasteiger partial charge in [-0.2, -0.15) is 13.5 Å². The third-order valence-corrected chi connectivity index (χ3v) is 0. The van der Waals surface area contributed by atoms with E-state index in [0.717, 1.165) is 0 Å². The largest absolute Gasteiger partial charge is 1.00 e. The van der Waals surface area contributed by atoms with Crippen LogP contribution in [0.25, 0.3) is 0 Å². The summed E-state index contributed by atoms with van der Waals surface area (Å²) in [7, 11) is 0. The molecule has 0 bridgehead atoms. The second-order valence-electron chi connectivity index (χ2n) is 0. The molecule has 0 aliphatic heterocycles. The van der Waals surface area contributed by atoms with Crippen molar-refractivity contribution in [2.75, 3.05) is 0 Å². The fourth-order valence-electron chi connectivity index (χ4n) is 0. The maximum absolute atomic E-state index is 0. The van der Waals surface area contributed by atoms with E-state index in [0.29, 0.717) is 0 Å². The fourth-order valence-corrected chi connectivity index (χ4v) is 0. The van der Waals surface area contributed by atoms with E-state index in [1.807, 2.05) is 0 Å². The quantitative estimate of drug-likeness (QED) is 0.295. The second kappa shape index (κ2) is 25.9. The summed E-state index contributed by atoms with van der Waals surface area (Å²) in [6, 6.07) is 0. The Bertz CT molecular complexity index is 11.6. The first-order chi connectivity index (χ1) is 0. The molecule has 2 N–H and O–H groups in total. The van der Waals surface area contributed by atoms with Gasteiger partial charge in [-0.25, -0.2) is 0 Å². The molecule has 0 rings (SSSR count). The van der Waals surface area contributed by atoms with Gasteiger partial charge in [0.1, 0.15) is 0 Å². The van der Waals surface area contributed by atoms with E-state index in [-0.39, 0.29) is 55.8 Å². The SMILES string of the molecule is O.S.[H-].[Li+].[Ni]. The average molecular weight is 119 g/mol. The third kappa shape index (κ3) is 9.99. The predicted octanol–water partition coefficient (Wildman–Crippen LogP) is -3.60. The molecule has 0 radical (unpaired) electrons. The van der Waals surface area contributed by atoms with Crippen LogP contribution in [0, 0.1) is 0 Å². The van der Waals surface area contributed by atoms with E-state index >= 15 is 0 Å². The summed E-state index contributed by atoms with van der Waals surface area (Å²) in [6.07, 6.45) is 0. The van der Waals surface area contributed by atoms with Gasteiger partial charge in [-0.05, 0) is 0 Å². The van der Waals surface area contributed by atoms with Crippen molar-refractivity contribution in [1.82, 2.24) is 0 Å². The zero-order chi connectivity index (χ0) is 0. The Balaban J connectivity index is 0. The van der Waals surface area contributed by atoms with Crippen LogP contribution in [0.1, 0.15) is 1.43 Å². The average Bonchev–Trinajstić information content (AvgIpc) is 0. The van der Waals surface area contributed by atoms with Gasteiger partial charge in [-0.1, -0.05) is 0 Å². The normalized spacial score (nSPS) is 0. The standard InChI is InChI=1S/Li.Ni.H2O.H2S.H/h;;2*1H2;/q+1;;;;-1. The minimum absolute atomic E-state index is 0. The van der Waals surface area contributed by atoms with Gasteiger partial charge >= 0.3 is 18.9 Å². The van der Waals surface area contributed by atoms with Crippen molar-refractivity contribution in [3.63, 3.8) is 0 Å². The number of hydrogen-bond donors (Lipinski definition) is 0. The molecule has 0 saturated heterocycles. The third-order valence-electron chi connectivity index (χ3n) is 0. The Kier molecular flexibility index (Phi) is 346. The first-order valence-electron chi connectivity index (χ1n) is 0. The molecule has 0 aromatic heterocycles. The predicted molar refractivity (Wildman–Crippen MR) is 15.1 cm³/mol. The summed E-state index contributed by atoms with van der Waals surface area (Å²) in [4.78, 5) is 0. The summed E-state index contributed by atoms with van der Waals surface area (Å²) in [5.41, 5.74) is 0. The molecule has 28 valence electrons. The van der Waals surface area contributed by atoms with Crippen molar-refractivity contribution < 1.29 is 42.3 Å².